The van der Waals surface area contributed by atoms with Gasteiger partial charge in [0.2, 0.25) is 5.91 Å². The van der Waals surface area contributed by atoms with Gasteiger partial charge in [-0.25, -0.2) is 0 Å². The van der Waals surface area contributed by atoms with Gasteiger partial charge in [-0.2, -0.15) is 0 Å². The number of nitrogens with zero attached hydrogens (tertiary/aromatic N) is 1. The Morgan fingerprint density at radius 1 is 1.04 bits per heavy atom. The van der Waals surface area contributed by atoms with Gasteiger partial charge in [0.15, 0.2) is 0 Å². The van der Waals surface area contributed by atoms with Gasteiger partial charge in [0.25, 0.3) is 5.91 Å². The SMILES string of the molecule is CC(=O)N(c1ccccc1NC(=O)c1ccccc1C)C1CC1. The maximum Gasteiger partial charge on any atom is 0.255 e. The summed E-state index contributed by atoms with van der Waals surface area (Å²) in [6.45, 7) is 3.48. The van der Waals surface area contributed by atoms with E-state index in [0.717, 1.165) is 24.1 Å². The molecule has 1 aliphatic carbocycles. The topological polar surface area (TPSA) is 49.4 Å². The van der Waals surface area contributed by atoms with Crippen LogP contribution in [0.15, 0.2) is 48.5 Å². The highest BCUT2D eigenvalue weighted by Crippen LogP contribution is 2.36. The predicted molar refractivity (Wildman–Crippen MR) is 91.8 cm³/mol. The predicted octanol–water partition coefficient (Wildman–Crippen LogP) is 3.76. The third-order valence-corrected chi connectivity index (χ3v) is 4.05. The van der Waals surface area contributed by atoms with E-state index < -0.39 is 0 Å². The maximum atomic E-state index is 12.6. The molecule has 0 unspecified atom stereocenters. The Hall–Kier alpha value is -2.62. The molecule has 2 amide bonds. The number of hydrogen-bond donors (Lipinski definition) is 1. The number of carbonyl (C=O) groups excluding carboxylic acids is 2. The minimum absolute atomic E-state index is 0.00471. The molecular formula is C19H20N2O2. The molecule has 0 aliphatic heterocycles. The molecule has 1 N–H and O–H groups in total. The number of amides is 2. The summed E-state index contributed by atoms with van der Waals surface area (Å²) in [7, 11) is 0. The first-order valence-corrected chi connectivity index (χ1v) is 7.83. The van der Waals surface area contributed by atoms with Crippen LogP contribution in [-0.2, 0) is 4.79 Å². The fraction of sp³-hybridized carbons (Fsp3) is 0.263. The molecule has 0 spiro atoms. The van der Waals surface area contributed by atoms with Gasteiger partial charge in [0.05, 0.1) is 11.4 Å². The zero-order chi connectivity index (χ0) is 16.4. The molecule has 2 aromatic rings. The van der Waals surface area contributed by atoms with Crippen LogP contribution in [0.1, 0.15) is 35.7 Å². The second kappa shape index (κ2) is 6.24. The summed E-state index contributed by atoms with van der Waals surface area (Å²) < 4.78 is 0. The Kier molecular flexibility index (Phi) is 4.15. The van der Waals surface area contributed by atoms with Crippen LogP contribution in [0, 0.1) is 6.92 Å². The fourth-order valence-corrected chi connectivity index (χ4v) is 2.76. The maximum absolute atomic E-state index is 12.6. The monoisotopic (exact) mass is 308 g/mol. The second-order valence-corrected chi connectivity index (χ2v) is 5.91. The molecule has 0 bridgehead atoms. The van der Waals surface area contributed by atoms with Gasteiger partial charge in [-0.3, -0.25) is 9.59 Å². The van der Waals surface area contributed by atoms with Crippen LogP contribution in [-0.4, -0.2) is 17.9 Å². The average Bonchev–Trinajstić information content (AvgIpc) is 3.34. The fourth-order valence-electron chi connectivity index (χ4n) is 2.76. The van der Waals surface area contributed by atoms with E-state index in [0.29, 0.717) is 11.3 Å². The summed E-state index contributed by atoms with van der Waals surface area (Å²) in [5.74, 6) is -0.153. The van der Waals surface area contributed by atoms with Gasteiger partial charge in [-0.15, -0.1) is 0 Å². The lowest BCUT2D eigenvalue weighted by molar-refractivity contribution is -0.116. The third-order valence-electron chi connectivity index (χ3n) is 4.05. The largest absolute Gasteiger partial charge is 0.320 e. The Morgan fingerprint density at radius 3 is 2.35 bits per heavy atom. The first kappa shape index (κ1) is 15.3. The van der Waals surface area contributed by atoms with E-state index in [2.05, 4.69) is 5.32 Å². The third kappa shape index (κ3) is 3.26. The summed E-state index contributed by atoms with van der Waals surface area (Å²) in [4.78, 5) is 26.3. The number of benzene rings is 2. The molecule has 2 aromatic carbocycles. The molecule has 23 heavy (non-hydrogen) atoms. The van der Waals surface area contributed by atoms with E-state index >= 15 is 0 Å². The van der Waals surface area contributed by atoms with Gasteiger partial charge in [0, 0.05) is 18.5 Å². The van der Waals surface area contributed by atoms with Crippen molar-refractivity contribution in [2.24, 2.45) is 0 Å². The van der Waals surface area contributed by atoms with E-state index in [-0.39, 0.29) is 17.9 Å². The zero-order valence-electron chi connectivity index (χ0n) is 13.4. The van der Waals surface area contributed by atoms with E-state index in [1.165, 1.54) is 0 Å². The molecule has 4 nitrogen and oxygen atoms in total. The van der Waals surface area contributed by atoms with Crippen LogP contribution in [0.5, 0.6) is 0 Å². The molecule has 0 radical (unpaired) electrons. The Bertz CT molecular complexity index is 751. The summed E-state index contributed by atoms with van der Waals surface area (Å²) in [5, 5.41) is 2.95. The van der Waals surface area contributed by atoms with Gasteiger partial charge in [-0.1, -0.05) is 30.3 Å². The molecule has 0 saturated heterocycles. The van der Waals surface area contributed by atoms with Crippen LogP contribution >= 0.6 is 0 Å². The Labute approximate surface area is 136 Å². The lowest BCUT2D eigenvalue weighted by atomic mass is 10.1. The van der Waals surface area contributed by atoms with E-state index in [9.17, 15) is 9.59 Å². The minimum Gasteiger partial charge on any atom is -0.320 e. The highest BCUT2D eigenvalue weighted by Gasteiger charge is 2.33. The van der Waals surface area contributed by atoms with E-state index in [1.54, 1.807) is 17.9 Å². The molecule has 3 rings (SSSR count). The van der Waals surface area contributed by atoms with Gasteiger partial charge in [0.1, 0.15) is 0 Å². The molecular weight excluding hydrogens is 288 g/mol. The second-order valence-electron chi connectivity index (χ2n) is 5.91. The number of rotatable bonds is 4. The number of para-hydroxylation sites is 2. The lowest BCUT2D eigenvalue weighted by Gasteiger charge is -2.24. The van der Waals surface area contributed by atoms with Crippen molar-refractivity contribution in [2.45, 2.75) is 32.7 Å². The number of carbonyl (C=O) groups is 2. The van der Waals surface area contributed by atoms with Crippen LogP contribution in [0.25, 0.3) is 0 Å². The van der Waals surface area contributed by atoms with Crippen LogP contribution in [0.3, 0.4) is 0 Å². The molecule has 0 aromatic heterocycles. The van der Waals surface area contributed by atoms with Crippen molar-refractivity contribution < 1.29 is 9.59 Å². The normalized spacial score (nSPS) is 13.5. The first-order valence-electron chi connectivity index (χ1n) is 7.83. The molecule has 118 valence electrons. The standard InChI is InChI=1S/C19H20N2O2/c1-13-7-3-4-8-16(13)19(23)20-17-9-5-6-10-18(17)21(14(2)22)15-11-12-15/h3-10,15H,11-12H2,1-2H3,(H,20,23). The smallest absolute Gasteiger partial charge is 0.255 e. The van der Waals surface area contributed by atoms with Crippen LogP contribution in [0.2, 0.25) is 0 Å². The van der Waals surface area contributed by atoms with Crippen LogP contribution in [0.4, 0.5) is 11.4 Å². The van der Waals surface area contributed by atoms with Crippen molar-refractivity contribution in [1.29, 1.82) is 0 Å². The number of anilines is 2. The molecule has 0 heterocycles. The van der Waals surface area contributed by atoms with Gasteiger partial charge in [-0.05, 0) is 43.5 Å². The number of nitrogens with one attached hydrogen (secondary N) is 1. The zero-order valence-corrected chi connectivity index (χ0v) is 13.4. The highest BCUT2D eigenvalue weighted by molar-refractivity contribution is 6.08. The first-order chi connectivity index (χ1) is 11.1. The molecule has 1 fully saturated rings. The molecule has 4 heteroatoms. The van der Waals surface area contributed by atoms with Gasteiger partial charge < -0.3 is 10.2 Å². The van der Waals surface area contributed by atoms with Crippen molar-refractivity contribution in [3.63, 3.8) is 0 Å². The summed E-state index contributed by atoms with van der Waals surface area (Å²) in [5.41, 5.74) is 3.00. The Morgan fingerprint density at radius 2 is 1.70 bits per heavy atom. The number of hydrogen-bond acceptors (Lipinski definition) is 2. The van der Waals surface area contributed by atoms with Crippen molar-refractivity contribution in [3.05, 3.63) is 59.7 Å². The van der Waals surface area contributed by atoms with Crippen molar-refractivity contribution in [2.75, 3.05) is 10.2 Å². The molecule has 0 atom stereocenters. The molecule has 1 aliphatic rings. The Balaban J connectivity index is 1.90. The summed E-state index contributed by atoms with van der Waals surface area (Å²) in [6, 6.07) is 15.2. The van der Waals surface area contributed by atoms with Crippen LogP contribution < -0.4 is 10.2 Å². The van der Waals surface area contributed by atoms with Crippen molar-refractivity contribution in [1.82, 2.24) is 0 Å². The highest BCUT2D eigenvalue weighted by atomic mass is 16.2. The summed E-state index contributed by atoms with van der Waals surface area (Å²) in [6.07, 6.45) is 2.03. The average molecular weight is 308 g/mol. The quantitative estimate of drug-likeness (QED) is 0.935. The van der Waals surface area contributed by atoms with Crippen molar-refractivity contribution >= 4 is 23.2 Å². The lowest BCUT2D eigenvalue weighted by Crippen LogP contribution is -2.31. The van der Waals surface area contributed by atoms with Gasteiger partial charge >= 0.3 is 0 Å². The number of aryl methyl sites for hydroxylation is 1. The summed E-state index contributed by atoms with van der Waals surface area (Å²) >= 11 is 0. The van der Waals surface area contributed by atoms with E-state index in [4.69, 9.17) is 0 Å². The molecule has 1 saturated carbocycles. The minimum atomic E-state index is -0.158. The van der Waals surface area contributed by atoms with E-state index in [1.807, 2.05) is 49.4 Å². The van der Waals surface area contributed by atoms with Crippen molar-refractivity contribution in [3.8, 4) is 0 Å².